The molecule has 4 atom stereocenters. The molecule has 7 aromatic heterocycles. The summed E-state index contributed by atoms with van der Waals surface area (Å²) in [6.07, 6.45) is 26.7. The summed E-state index contributed by atoms with van der Waals surface area (Å²) in [5.41, 5.74) is 52.3. The van der Waals surface area contributed by atoms with E-state index in [-0.39, 0.29) is 6.61 Å². The largest absolute Gasteiger partial charge is 0.475 e. The topological polar surface area (TPSA) is 335 Å². The molecule has 1 aromatic carbocycles. The van der Waals surface area contributed by atoms with Crippen LogP contribution in [0.1, 0.15) is 151 Å². The maximum atomic E-state index is 9.16. The molecule has 4 unspecified atom stereocenters. The fourth-order valence-electron chi connectivity index (χ4n) is 17.9. The average molecular weight is 1650 g/mol. The highest BCUT2D eigenvalue weighted by Crippen LogP contribution is 2.40. The molecule has 0 spiro atoms. The molecule has 16 heterocycles. The predicted octanol–water partition coefficient (Wildman–Crippen LogP) is 8.02. The summed E-state index contributed by atoms with van der Waals surface area (Å²) in [5.74, 6) is 6.67. The fourth-order valence-corrected chi connectivity index (χ4v) is 17.9. The van der Waals surface area contributed by atoms with Crippen molar-refractivity contribution in [2.24, 2.45) is 18.9 Å². The summed E-state index contributed by atoms with van der Waals surface area (Å²) in [6.45, 7) is 30.7. The molecule has 0 bridgehead atoms. The lowest BCUT2D eigenvalue weighted by molar-refractivity contribution is -0.910. The van der Waals surface area contributed by atoms with Gasteiger partial charge in [-0.2, -0.15) is 25.5 Å². The first kappa shape index (κ1) is 89.3. The minimum Gasteiger partial charge on any atom is -0.475 e. The highest BCUT2D eigenvalue weighted by molar-refractivity contribution is 5.72. The SMILES string of the molecule is CC1CCc2c(N)c(N3CC[N+](C)(C)CC3)nn2C1C.CC1CCc2c(N)c(NCC[N+](C)(C)C)nn2C1C.C[N+](C)(C)c1ccc(Nc2nn3c(c2N)CCCC3)cc1.C[N+]1(C)CCCN(c2nn3c(c2N)CCCC3)CC1.C[N+]1(CCO)CCN(c2nn3c(c2N)CCCC3)CC1.C[n+]1ccn(CCCOc2nn3c(c2N)CCCC3)c1. The number of anilines is 12. The van der Waals surface area contributed by atoms with E-state index in [2.05, 4.69) is 206 Å². The van der Waals surface area contributed by atoms with Crippen LogP contribution in [0.4, 0.5) is 74.6 Å². The number of nitrogen functional groups attached to an aromatic ring is 6. The van der Waals surface area contributed by atoms with Crippen molar-refractivity contribution in [1.82, 2.24) is 67.7 Å². The molecule has 658 valence electrons. The molecule has 9 aliphatic heterocycles. The number of hydrogen-bond acceptors (Lipinski definition) is 19. The quantitative estimate of drug-likeness (QED) is 0.0237. The van der Waals surface area contributed by atoms with E-state index in [1.165, 1.54) is 118 Å². The highest BCUT2D eigenvalue weighted by Gasteiger charge is 2.36. The van der Waals surface area contributed by atoms with Crippen molar-refractivity contribution < 1.29 is 32.3 Å². The summed E-state index contributed by atoms with van der Waals surface area (Å²) < 4.78 is 27.4. The van der Waals surface area contributed by atoms with Crippen molar-refractivity contribution >= 4 is 74.6 Å². The molecular formula is C87H154N30O2+6. The third-order valence-corrected chi connectivity index (χ3v) is 26.7. The number of imidazole rings is 1. The van der Waals surface area contributed by atoms with Crippen molar-refractivity contribution in [3.8, 4) is 5.88 Å². The average Bonchev–Trinajstić information content (AvgIpc) is 1.65. The third kappa shape index (κ3) is 22.2. The van der Waals surface area contributed by atoms with Gasteiger partial charge in [0.25, 0.3) is 5.88 Å². The minimum atomic E-state index is 0.261. The van der Waals surface area contributed by atoms with Crippen molar-refractivity contribution in [3.05, 3.63) is 77.2 Å². The number of likely N-dealkylation sites (N-methyl/N-ethyl adjacent to an activating group) is 4. The zero-order valence-corrected chi connectivity index (χ0v) is 75.8. The standard InChI is InChI=1S/C16H24N5.C15H28N5.C14H22N5O.C14H26N5O.C14H26N5.C14H28N5/c1-21(2,3)13-9-7-12(8-10-13)18-16-15(17)14-6-4-5-11-20(14)19-16;1-11-5-6-13-14(16)15(17-19(13)12(11)2)18-7-9-20(3,4)10-8-18;1-17-8-9-18(11-17)6-4-10-20-14-13(15)12-5-2-3-7-19(12)16-14;1-19(10-11-20)8-6-17(7-9-19)14-13(15)12-4-2-3-5-18(12)16-14;1-19(2)10-5-7-17(9-11-19)14-13(15)12-6-3-4-8-18(12)16-14;1-10-6-7-12-13(15)14(17-18(12)11(10)2)16-8-9-19(3,4)5/h7-10H,4-6,11,17H2,1-3H3,(H,18,19);11-12H,5-10,16H2,1-4H3;8-9,11H,2-7,10,15H2,1H3;20H,2-11,15H2,1H3;3-11,15H2,1-2H3;10-11H,6-9,15H2,1-5H3,(H,16,17)/q6*+1. The normalized spacial score (nSPS) is 21.0. The number of ether oxygens (including phenoxy) is 1. The smallest absolute Gasteiger partial charge is 0.256 e. The number of nitrogens with two attached hydrogens (primary N) is 6. The van der Waals surface area contributed by atoms with E-state index in [1.54, 1.807) is 0 Å². The van der Waals surface area contributed by atoms with E-state index >= 15 is 0 Å². The van der Waals surface area contributed by atoms with Gasteiger partial charge in [-0.25, -0.2) is 9.13 Å². The summed E-state index contributed by atoms with van der Waals surface area (Å²) in [4.78, 5) is 7.09. The van der Waals surface area contributed by atoms with Gasteiger partial charge in [0, 0.05) is 63.4 Å². The number of benzene rings is 1. The van der Waals surface area contributed by atoms with Gasteiger partial charge >= 0.3 is 0 Å². The van der Waals surface area contributed by atoms with Gasteiger partial charge in [0.1, 0.15) is 30.3 Å². The number of fused-ring (bicyclic) bond motifs is 6. The number of aromatic nitrogens is 14. The van der Waals surface area contributed by atoms with Gasteiger partial charge in [-0.05, 0) is 141 Å². The van der Waals surface area contributed by atoms with Crippen LogP contribution >= 0.6 is 0 Å². The molecule has 0 saturated carbocycles. The van der Waals surface area contributed by atoms with E-state index in [9.17, 15) is 0 Å². The molecule has 119 heavy (non-hydrogen) atoms. The highest BCUT2D eigenvalue weighted by atomic mass is 16.5. The van der Waals surface area contributed by atoms with Crippen LogP contribution < -0.4 is 73.5 Å². The molecule has 15 N–H and O–H groups in total. The first-order valence-corrected chi connectivity index (χ1v) is 44.9. The maximum Gasteiger partial charge on any atom is 0.256 e. The number of quaternary nitrogens is 5. The number of nitrogens with zero attached hydrogens (tertiary/aromatic N) is 22. The van der Waals surface area contributed by atoms with E-state index < -0.39 is 0 Å². The van der Waals surface area contributed by atoms with Crippen LogP contribution in [-0.2, 0) is 78.3 Å². The molecule has 32 nitrogen and oxygen atoms in total. The Morgan fingerprint density at radius 3 is 1.44 bits per heavy atom. The lowest BCUT2D eigenvalue weighted by Gasteiger charge is -2.41. The van der Waals surface area contributed by atoms with Crippen LogP contribution in [0.5, 0.6) is 5.88 Å². The Morgan fingerprint density at radius 2 is 0.950 bits per heavy atom. The second kappa shape index (κ2) is 38.4. The Balaban J connectivity index is 0.000000131. The number of hydrogen-bond donors (Lipinski definition) is 9. The fraction of sp³-hybridized carbons (Fsp3) is 0.690. The second-order valence-corrected chi connectivity index (χ2v) is 39.0. The first-order valence-electron chi connectivity index (χ1n) is 44.9. The molecule has 3 saturated heterocycles. The van der Waals surface area contributed by atoms with Crippen LogP contribution in [0.2, 0.25) is 0 Å². The van der Waals surface area contributed by atoms with E-state index in [1.807, 2.05) is 27.2 Å². The lowest BCUT2D eigenvalue weighted by atomic mass is 9.93. The molecular weight excluding hydrogens is 1500 g/mol. The van der Waals surface area contributed by atoms with Crippen molar-refractivity contribution in [1.29, 1.82) is 0 Å². The molecule has 0 aliphatic carbocycles. The summed E-state index contributed by atoms with van der Waals surface area (Å²) >= 11 is 0. The van der Waals surface area contributed by atoms with Gasteiger partial charge < -0.3 is 87.5 Å². The van der Waals surface area contributed by atoms with Crippen LogP contribution in [0, 0.1) is 11.8 Å². The van der Waals surface area contributed by atoms with Gasteiger partial charge in [-0.1, -0.05) is 13.8 Å². The van der Waals surface area contributed by atoms with Gasteiger partial charge in [0.05, 0.1) is 264 Å². The molecule has 0 amide bonds. The van der Waals surface area contributed by atoms with Crippen LogP contribution in [0.25, 0.3) is 0 Å². The Kier molecular flexibility index (Phi) is 28.8. The predicted molar refractivity (Wildman–Crippen MR) is 485 cm³/mol. The zero-order chi connectivity index (χ0) is 85.3. The Hall–Kier alpha value is -8.95. The molecule has 32 heteroatoms. The van der Waals surface area contributed by atoms with Gasteiger partial charge in [-0.15, -0.1) is 5.10 Å². The second-order valence-electron chi connectivity index (χ2n) is 39.0. The Bertz CT molecular complexity index is 4570. The first-order chi connectivity index (χ1) is 56.6. The van der Waals surface area contributed by atoms with Gasteiger partial charge in [0.2, 0.25) is 6.33 Å². The summed E-state index contributed by atoms with van der Waals surface area (Å²) in [6, 6.07) is 9.34. The maximum absolute atomic E-state index is 9.16. The van der Waals surface area contributed by atoms with E-state index in [4.69, 9.17) is 59.5 Å². The monoisotopic (exact) mass is 1650 g/mol. The molecule has 17 rings (SSSR count). The number of piperazine rings is 2. The minimum absolute atomic E-state index is 0.261. The van der Waals surface area contributed by atoms with E-state index in [0.717, 1.165) is 260 Å². The summed E-state index contributed by atoms with van der Waals surface area (Å²) in [7, 11) is 26.5. The van der Waals surface area contributed by atoms with Gasteiger partial charge in [0.15, 0.2) is 29.1 Å². The molecule has 0 radical (unpaired) electrons. The van der Waals surface area contributed by atoms with E-state index in [0.29, 0.717) is 36.4 Å². The lowest BCUT2D eigenvalue weighted by Crippen LogP contribution is -2.58. The van der Waals surface area contributed by atoms with Crippen LogP contribution in [0.3, 0.4) is 0 Å². The molecule has 8 aromatic rings. The molecule has 9 aliphatic rings. The van der Waals surface area contributed by atoms with Crippen molar-refractivity contribution in [2.45, 2.75) is 188 Å². The number of aryl methyl sites for hydroxylation is 6. The summed E-state index contributed by atoms with van der Waals surface area (Å²) in [5, 5.41) is 44.0. The van der Waals surface area contributed by atoms with Crippen LogP contribution in [-0.4, -0.2) is 275 Å². The zero-order valence-electron chi connectivity index (χ0n) is 75.8. The van der Waals surface area contributed by atoms with Crippen molar-refractivity contribution in [2.75, 3.05) is 249 Å². The number of aliphatic hydroxyl groups is 1. The Labute approximate surface area is 709 Å². The molecule has 3 fully saturated rings. The van der Waals surface area contributed by atoms with Gasteiger partial charge in [-0.3, -0.25) is 32.6 Å². The number of rotatable bonds is 17. The number of aliphatic hydroxyl groups excluding tert-OH is 1. The van der Waals surface area contributed by atoms with Crippen LogP contribution in [0.15, 0.2) is 43.0 Å². The third-order valence-electron chi connectivity index (χ3n) is 26.7. The Morgan fingerprint density at radius 1 is 0.496 bits per heavy atom. The number of nitrogens with one attached hydrogen (secondary N) is 2. The van der Waals surface area contributed by atoms with Crippen molar-refractivity contribution in [3.63, 3.8) is 0 Å².